The van der Waals surface area contributed by atoms with Crippen molar-refractivity contribution >= 4 is 29.4 Å². The summed E-state index contributed by atoms with van der Waals surface area (Å²) < 4.78 is 0. The maximum Gasteiger partial charge on any atom is 0.220 e. The lowest BCUT2D eigenvalue weighted by molar-refractivity contribution is -0.120. The largest absolute Gasteiger partial charge is 0.356 e. The smallest absolute Gasteiger partial charge is 0.220 e. The molecule has 0 unspecified atom stereocenters. The van der Waals surface area contributed by atoms with Gasteiger partial charge >= 0.3 is 0 Å². The van der Waals surface area contributed by atoms with Crippen molar-refractivity contribution in [3.63, 3.8) is 0 Å². The standard InChI is InChI=1S/C13H25NOS2/c1-2-3-7-16-10-6-13(15)14-11-12-4-8-17-9-5-12/h12H,2-11H2,1H3,(H,14,15). The first-order valence-electron chi connectivity index (χ1n) is 6.75. The summed E-state index contributed by atoms with van der Waals surface area (Å²) in [6.45, 7) is 3.11. The fraction of sp³-hybridized carbons (Fsp3) is 0.923. The van der Waals surface area contributed by atoms with Crippen molar-refractivity contribution in [1.82, 2.24) is 5.32 Å². The van der Waals surface area contributed by atoms with Gasteiger partial charge in [0, 0.05) is 18.7 Å². The summed E-state index contributed by atoms with van der Waals surface area (Å²) in [6.07, 6.45) is 5.76. The molecule has 0 aromatic heterocycles. The van der Waals surface area contributed by atoms with Gasteiger partial charge in [0.05, 0.1) is 0 Å². The highest BCUT2D eigenvalue weighted by Gasteiger charge is 2.14. The van der Waals surface area contributed by atoms with Crippen LogP contribution in [-0.4, -0.2) is 35.5 Å². The van der Waals surface area contributed by atoms with E-state index in [0.29, 0.717) is 6.42 Å². The first-order valence-corrected chi connectivity index (χ1v) is 9.06. The van der Waals surface area contributed by atoms with Crippen LogP contribution in [0.3, 0.4) is 0 Å². The van der Waals surface area contributed by atoms with Gasteiger partial charge in [0.2, 0.25) is 5.91 Å². The van der Waals surface area contributed by atoms with E-state index in [-0.39, 0.29) is 5.91 Å². The molecular formula is C13H25NOS2. The van der Waals surface area contributed by atoms with Crippen LogP contribution >= 0.6 is 23.5 Å². The molecule has 1 aliphatic rings. The minimum Gasteiger partial charge on any atom is -0.356 e. The molecule has 1 fully saturated rings. The molecule has 4 heteroatoms. The maximum atomic E-state index is 11.6. The third-order valence-corrected chi connectivity index (χ3v) is 5.16. The quantitative estimate of drug-likeness (QED) is 0.690. The average Bonchev–Trinajstić information content (AvgIpc) is 2.37. The molecule has 0 radical (unpaired) electrons. The van der Waals surface area contributed by atoms with Crippen LogP contribution in [0.25, 0.3) is 0 Å². The topological polar surface area (TPSA) is 29.1 Å². The van der Waals surface area contributed by atoms with Crippen molar-refractivity contribution in [3.8, 4) is 0 Å². The molecule has 100 valence electrons. The highest BCUT2D eigenvalue weighted by Crippen LogP contribution is 2.21. The van der Waals surface area contributed by atoms with E-state index in [1.54, 1.807) is 0 Å². The van der Waals surface area contributed by atoms with Gasteiger partial charge in [-0.25, -0.2) is 0 Å². The van der Waals surface area contributed by atoms with Crippen molar-refractivity contribution in [2.75, 3.05) is 29.6 Å². The number of thioether (sulfide) groups is 2. The number of rotatable bonds is 8. The number of carbonyl (C=O) groups excluding carboxylic acids is 1. The molecule has 1 rings (SSSR count). The Morgan fingerprint density at radius 2 is 2.12 bits per heavy atom. The lowest BCUT2D eigenvalue weighted by Gasteiger charge is -2.21. The predicted molar refractivity (Wildman–Crippen MR) is 79.9 cm³/mol. The molecule has 1 saturated heterocycles. The molecule has 1 aliphatic heterocycles. The van der Waals surface area contributed by atoms with Gasteiger partial charge in [-0.2, -0.15) is 23.5 Å². The fourth-order valence-electron chi connectivity index (χ4n) is 1.81. The summed E-state index contributed by atoms with van der Waals surface area (Å²) in [4.78, 5) is 11.6. The Bertz CT molecular complexity index is 206. The van der Waals surface area contributed by atoms with Gasteiger partial charge in [0.15, 0.2) is 0 Å². The third kappa shape index (κ3) is 7.98. The van der Waals surface area contributed by atoms with Gasteiger partial charge in [0.25, 0.3) is 0 Å². The molecule has 1 N–H and O–H groups in total. The second kappa shape index (κ2) is 10.1. The molecular weight excluding hydrogens is 250 g/mol. The zero-order valence-electron chi connectivity index (χ0n) is 10.9. The van der Waals surface area contributed by atoms with Crippen LogP contribution in [0.15, 0.2) is 0 Å². The lowest BCUT2D eigenvalue weighted by Crippen LogP contribution is -2.31. The van der Waals surface area contributed by atoms with Crippen molar-refractivity contribution in [2.45, 2.75) is 39.0 Å². The van der Waals surface area contributed by atoms with Gasteiger partial charge < -0.3 is 5.32 Å². The van der Waals surface area contributed by atoms with Crippen molar-refractivity contribution in [3.05, 3.63) is 0 Å². The molecule has 0 aliphatic carbocycles. The Balaban J connectivity index is 1.93. The van der Waals surface area contributed by atoms with Crippen LogP contribution in [0, 0.1) is 5.92 Å². The molecule has 0 aromatic rings. The first-order chi connectivity index (χ1) is 8.33. The van der Waals surface area contributed by atoms with Gasteiger partial charge in [0.1, 0.15) is 0 Å². The molecule has 0 saturated carbocycles. The predicted octanol–water partition coefficient (Wildman–Crippen LogP) is 3.17. The highest BCUT2D eigenvalue weighted by atomic mass is 32.2. The first kappa shape index (κ1) is 15.2. The van der Waals surface area contributed by atoms with Gasteiger partial charge in [-0.05, 0) is 42.4 Å². The second-order valence-electron chi connectivity index (χ2n) is 4.58. The van der Waals surface area contributed by atoms with Crippen LogP contribution in [0.5, 0.6) is 0 Å². The van der Waals surface area contributed by atoms with E-state index in [9.17, 15) is 4.79 Å². The zero-order chi connectivity index (χ0) is 12.3. The van der Waals surface area contributed by atoms with Crippen molar-refractivity contribution < 1.29 is 4.79 Å². The highest BCUT2D eigenvalue weighted by molar-refractivity contribution is 7.99. The number of nitrogens with one attached hydrogen (secondary N) is 1. The Morgan fingerprint density at radius 1 is 1.35 bits per heavy atom. The van der Waals surface area contributed by atoms with Crippen LogP contribution in [-0.2, 0) is 4.79 Å². The number of carbonyl (C=O) groups is 1. The van der Waals surface area contributed by atoms with Crippen LogP contribution in [0.2, 0.25) is 0 Å². The van der Waals surface area contributed by atoms with Gasteiger partial charge in [-0.3, -0.25) is 4.79 Å². The van der Waals surface area contributed by atoms with E-state index in [2.05, 4.69) is 12.2 Å². The molecule has 1 amide bonds. The van der Waals surface area contributed by atoms with Crippen LogP contribution in [0.1, 0.15) is 39.0 Å². The minimum absolute atomic E-state index is 0.243. The summed E-state index contributed by atoms with van der Waals surface area (Å²) in [5.74, 6) is 5.69. The normalized spacial score (nSPS) is 17.0. The Kier molecular flexibility index (Phi) is 9.07. The lowest BCUT2D eigenvalue weighted by atomic mass is 10.0. The van der Waals surface area contributed by atoms with E-state index in [4.69, 9.17) is 0 Å². The number of hydrogen-bond acceptors (Lipinski definition) is 3. The molecule has 17 heavy (non-hydrogen) atoms. The van der Waals surface area contributed by atoms with E-state index < -0.39 is 0 Å². The molecule has 0 atom stereocenters. The number of hydrogen-bond donors (Lipinski definition) is 1. The summed E-state index contributed by atoms with van der Waals surface area (Å²) in [6, 6.07) is 0. The minimum atomic E-state index is 0.243. The van der Waals surface area contributed by atoms with Crippen LogP contribution < -0.4 is 5.32 Å². The Hall–Kier alpha value is 0.170. The monoisotopic (exact) mass is 275 g/mol. The average molecular weight is 275 g/mol. The second-order valence-corrected chi connectivity index (χ2v) is 7.03. The fourth-order valence-corrected chi connectivity index (χ4v) is 4.04. The maximum absolute atomic E-state index is 11.6. The molecule has 0 aromatic carbocycles. The van der Waals surface area contributed by atoms with Crippen molar-refractivity contribution in [2.24, 2.45) is 5.92 Å². The summed E-state index contributed by atoms with van der Waals surface area (Å²) >= 11 is 3.94. The van der Waals surface area contributed by atoms with E-state index in [1.807, 2.05) is 23.5 Å². The molecule has 0 spiro atoms. The summed E-state index contributed by atoms with van der Waals surface area (Å²) in [5.41, 5.74) is 0. The number of unbranched alkanes of at least 4 members (excludes halogenated alkanes) is 1. The van der Waals surface area contributed by atoms with Crippen LogP contribution in [0.4, 0.5) is 0 Å². The van der Waals surface area contributed by atoms with Crippen molar-refractivity contribution in [1.29, 1.82) is 0 Å². The molecule has 1 heterocycles. The Labute approximate surface area is 114 Å². The van der Waals surface area contributed by atoms with E-state index in [1.165, 1.54) is 42.9 Å². The number of amides is 1. The van der Waals surface area contributed by atoms with E-state index in [0.717, 1.165) is 18.2 Å². The zero-order valence-corrected chi connectivity index (χ0v) is 12.5. The third-order valence-electron chi connectivity index (χ3n) is 3.04. The van der Waals surface area contributed by atoms with Gasteiger partial charge in [-0.15, -0.1) is 0 Å². The summed E-state index contributed by atoms with van der Waals surface area (Å²) in [5, 5.41) is 3.08. The van der Waals surface area contributed by atoms with E-state index >= 15 is 0 Å². The van der Waals surface area contributed by atoms with Gasteiger partial charge in [-0.1, -0.05) is 13.3 Å². The summed E-state index contributed by atoms with van der Waals surface area (Å²) in [7, 11) is 0. The SMILES string of the molecule is CCCCSCCC(=O)NCC1CCSCC1. The molecule has 2 nitrogen and oxygen atoms in total. The Morgan fingerprint density at radius 3 is 2.82 bits per heavy atom. The molecule has 0 bridgehead atoms.